The molecule has 13 aromatic carbocycles. The summed E-state index contributed by atoms with van der Waals surface area (Å²) in [6.07, 6.45) is 2.69. The van der Waals surface area contributed by atoms with Crippen LogP contribution in [0.3, 0.4) is 0 Å². The first-order valence-corrected chi connectivity index (χ1v) is 45.4. The number of para-hydroxylation sites is 4. The second kappa shape index (κ2) is 38.5. The first-order chi connectivity index (χ1) is 59.5. The molecule has 0 fully saturated rings. The van der Waals surface area contributed by atoms with Crippen molar-refractivity contribution in [2.24, 2.45) is 42.9 Å². The molecule has 13 aromatic rings. The van der Waals surface area contributed by atoms with Crippen molar-refractivity contribution in [2.45, 2.75) is 69.2 Å². The van der Waals surface area contributed by atoms with Gasteiger partial charge in [-0.15, -0.1) is 58.8 Å². The van der Waals surface area contributed by atoms with E-state index >= 15 is 0 Å². The lowest BCUT2D eigenvalue weighted by Crippen LogP contribution is -2.45. The molecule has 0 atom stereocenters. The summed E-state index contributed by atoms with van der Waals surface area (Å²) >= 11 is 8.88. The second-order valence-electron chi connectivity index (χ2n) is 29.5. The maximum atomic E-state index is 13.9. The van der Waals surface area contributed by atoms with Crippen LogP contribution in [0.1, 0.15) is 40.7 Å². The molecule has 0 saturated carbocycles. The topological polar surface area (TPSA) is 197 Å². The fourth-order valence-electron chi connectivity index (χ4n) is 15.9. The van der Waals surface area contributed by atoms with E-state index in [1.54, 1.807) is 23.7 Å². The fraction of sp³-hybridized carbons (Fsp3) is 0.186. The van der Waals surface area contributed by atoms with Crippen molar-refractivity contribution in [2.75, 3.05) is 97.9 Å². The van der Waals surface area contributed by atoms with Crippen molar-refractivity contribution in [1.82, 2.24) is 0 Å². The quantitative estimate of drug-likeness (QED) is 0.0598. The lowest BCUT2D eigenvalue weighted by Gasteiger charge is -2.34. The molecule has 25 heteroatoms. The number of nitrogens with zero attached hydrogens (tertiary/aromatic N) is 10. The van der Waals surface area contributed by atoms with E-state index in [9.17, 15) is 22.0 Å². The van der Waals surface area contributed by atoms with Gasteiger partial charge in [-0.1, -0.05) is 170 Å². The van der Waals surface area contributed by atoms with Crippen LogP contribution in [-0.4, -0.2) is 98.3 Å². The average molecular weight is 1720 g/mol. The van der Waals surface area contributed by atoms with Crippen molar-refractivity contribution in [3.05, 3.63) is 319 Å². The molecular weight excluding hydrogens is 1630 g/mol. The number of hydrogen-bond donors (Lipinski definition) is 5. The lowest BCUT2D eigenvalue weighted by atomic mass is 9.90. The predicted octanol–water partition coefficient (Wildman–Crippen LogP) is 22.9. The molecule has 0 bridgehead atoms. The minimum absolute atomic E-state index is 0.0562. The maximum absolute atomic E-state index is 13.9. The van der Waals surface area contributed by atoms with E-state index in [-0.39, 0.29) is 17.6 Å². The summed E-state index contributed by atoms with van der Waals surface area (Å²) in [7, 11) is 1.57. The van der Waals surface area contributed by atoms with E-state index in [2.05, 4.69) is 164 Å². The van der Waals surface area contributed by atoms with Gasteiger partial charge in [0.1, 0.15) is 0 Å². The summed E-state index contributed by atoms with van der Waals surface area (Å²) in [5.41, 5.74) is 41.2. The van der Waals surface area contributed by atoms with E-state index in [4.69, 9.17) is 38.3 Å². The lowest BCUT2D eigenvalue weighted by molar-refractivity contribution is -0.137. The number of guanidine groups is 5. The molecule has 0 radical (unpaired) electrons. The number of hydrogen-bond acceptors (Lipinski definition) is 10. The van der Waals surface area contributed by atoms with Crippen LogP contribution in [0.5, 0.6) is 0 Å². The number of fused-ring (bicyclic) bond motifs is 7. The number of alkyl halides is 3. The summed E-state index contributed by atoms with van der Waals surface area (Å²) < 4.78 is 66.7. The number of benzene rings is 13. The third-order valence-electron chi connectivity index (χ3n) is 21.9. The van der Waals surface area contributed by atoms with Crippen molar-refractivity contribution < 1.29 is 22.0 Å². The van der Waals surface area contributed by atoms with E-state index in [1.165, 1.54) is 113 Å². The van der Waals surface area contributed by atoms with E-state index in [0.717, 1.165) is 146 Å². The Bertz CT molecular complexity index is 6110. The third-order valence-corrected chi connectivity index (χ3v) is 27.1. The van der Waals surface area contributed by atoms with Crippen molar-refractivity contribution >= 4 is 167 Å². The highest BCUT2D eigenvalue weighted by molar-refractivity contribution is 8.00. The zero-order valence-corrected chi connectivity index (χ0v) is 71.2. The first-order valence-electron chi connectivity index (χ1n) is 40.5. The highest BCUT2D eigenvalue weighted by atomic mass is 32.2. The molecule has 618 valence electrons. The normalized spacial score (nSPS) is 15.4. The molecule has 5 heterocycles. The predicted molar refractivity (Wildman–Crippen MR) is 505 cm³/mol. The number of rotatable bonds is 6. The molecule has 15 nitrogen and oxygen atoms in total. The molecule has 0 saturated heterocycles. The van der Waals surface area contributed by atoms with Gasteiger partial charge in [-0.05, 0) is 192 Å². The van der Waals surface area contributed by atoms with Gasteiger partial charge in [0.15, 0.2) is 11.6 Å². The molecule has 122 heavy (non-hydrogen) atoms. The summed E-state index contributed by atoms with van der Waals surface area (Å²) in [6, 6.07) is 90.0. The zero-order chi connectivity index (χ0) is 84.2. The van der Waals surface area contributed by atoms with Crippen LogP contribution in [0.4, 0.5) is 78.8 Å². The molecule has 20 rings (SSSR count). The highest BCUT2D eigenvalue weighted by Crippen LogP contribution is 2.44. The van der Waals surface area contributed by atoms with Crippen LogP contribution in [0.15, 0.2) is 323 Å². The standard InChI is InChI=1S/2C21H19N3S.C20H16F3N3S.C19H21N3S.C16H15F2N3S/c22-21(24-12-13-25-19-7-2-1-6-18(19)24)23-17-11-10-15-9-8-14-4-3-5-16(17)20(14)15;22-21(24-13-14-25-20-12-5-4-11-19(20)24)23-18-10-6-9-17(15-18)16-7-2-1-3-8-16;21-20(22,23)14-8-9-18-17(12-14)26(10-11-27-18)19(24)25-16-7-3-5-13-4-1-2-6-15(13)16;20-19(22-12-13-23-18-11-4-3-10-17(18)22)21-16-9-5-7-14-6-1-2-8-15(14)16;1-20(13-7-4-5-11(17)15(13)18)16(19)21-9-10-22-14-8-3-2-6-12(14)21/h1-7,10-11H,8-9,12-13H2,(H2,22,23);1-12,15H,13-14H2,(H2,22,23);1-9,12H,10-11H2,(H2,24,25);3-5,7,9-11H,1-2,6,8,12-13H2,(H2,20,21);2-8,19H,9-10H2,1H3. The largest absolute Gasteiger partial charge is 0.416 e. The number of aliphatic imine (C=N–C) groups is 4. The van der Waals surface area contributed by atoms with Crippen LogP contribution in [0, 0.1) is 17.0 Å². The van der Waals surface area contributed by atoms with Crippen LogP contribution in [-0.2, 0) is 31.9 Å². The van der Waals surface area contributed by atoms with Crippen LogP contribution < -0.4 is 52.3 Å². The Morgan fingerprint density at radius 2 is 0.811 bits per heavy atom. The van der Waals surface area contributed by atoms with Gasteiger partial charge in [0.05, 0.1) is 62.4 Å². The van der Waals surface area contributed by atoms with Gasteiger partial charge in [-0.25, -0.2) is 28.8 Å². The van der Waals surface area contributed by atoms with Crippen LogP contribution in [0.2, 0.25) is 0 Å². The summed E-state index contributed by atoms with van der Waals surface area (Å²) in [6.45, 7) is 3.82. The van der Waals surface area contributed by atoms with Gasteiger partial charge in [-0.3, -0.25) is 5.41 Å². The Balaban J connectivity index is 0.000000113. The number of anilines is 6. The molecule has 7 aliphatic rings. The summed E-state index contributed by atoms with van der Waals surface area (Å²) in [5.74, 6) is 4.84. The van der Waals surface area contributed by atoms with Gasteiger partial charge in [0.25, 0.3) is 0 Å². The van der Waals surface area contributed by atoms with Crippen molar-refractivity contribution in [3.8, 4) is 11.1 Å². The summed E-state index contributed by atoms with van der Waals surface area (Å²) in [4.78, 5) is 35.7. The number of thioether (sulfide) groups is 5. The average Bonchev–Trinajstić information content (AvgIpc) is 1.60. The molecule has 5 aliphatic heterocycles. The molecule has 0 spiro atoms. The number of nitrogens with two attached hydrogens (primary N) is 4. The van der Waals surface area contributed by atoms with Gasteiger partial charge in [0.2, 0.25) is 29.8 Å². The third kappa shape index (κ3) is 19.1. The van der Waals surface area contributed by atoms with E-state index < -0.39 is 23.4 Å². The zero-order valence-electron chi connectivity index (χ0n) is 67.1. The monoisotopic (exact) mass is 1720 g/mol. The van der Waals surface area contributed by atoms with Gasteiger partial charge in [0, 0.05) is 104 Å². The highest BCUT2D eigenvalue weighted by Gasteiger charge is 2.34. The minimum atomic E-state index is -4.40. The minimum Gasteiger partial charge on any atom is -0.369 e. The van der Waals surface area contributed by atoms with Crippen molar-refractivity contribution in [1.29, 1.82) is 5.41 Å². The SMILES string of the molecule is CN(C(=N)N1CCSc2ccccc21)c1cccc(F)c1F.NC(=Nc1ccc2c3c(cccc13)CC2)N1CCSc2ccccc21.NC(=Nc1cccc(-c2ccccc2)c1)N1CCSc2ccccc21.NC(=Nc1cccc2c1CCCC2)N1CCSc2ccccc21.NC(=Nc1cccc2ccccc12)N1CCSc2ccc(C(F)(F)F)cc21. The number of aryl methyl sites for hydroxylation is 3. The van der Waals surface area contributed by atoms with E-state index in [1.807, 2.05) is 143 Å². The van der Waals surface area contributed by atoms with Crippen molar-refractivity contribution in [3.63, 3.8) is 0 Å². The first kappa shape index (κ1) is 83.8. The fourth-order valence-corrected chi connectivity index (χ4v) is 20.9. The van der Waals surface area contributed by atoms with Crippen LogP contribution in [0.25, 0.3) is 32.7 Å². The molecule has 0 aromatic heterocycles. The molecular formula is C97H90F5N15S5. The molecule has 0 amide bonds. The smallest absolute Gasteiger partial charge is 0.369 e. The second-order valence-corrected chi connectivity index (χ2v) is 35.2. The maximum Gasteiger partial charge on any atom is 0.416 e. The number of halogens is 5. The summed E-state index contributed by atoms with van der Waals surface area (Å²) in [5, 5.41) is 12.9. The Morgan fingerprint density at radius 1 is 0.377 bits per heavy atom. The van der Waals surface area contributed by atoms with Gasteiger partial charge < -0.3 is 52.3 Å². The molecule has 0 unspecified atom stereocenters. The van der Waals surface area contributed by atoms with Crippen LogP contribution >= 0.6 is 58.8 Å². The van der Waals surface area contributed by atoms with Gasteiger partial charge in [-0.2, -0.15) is 13.2 Å². The van der Waals surface area contributed by atoms with E-state index in [0.29, 0.717) is 42.3 Å². The molecule has 9 N–H and O–H groups in total. The Hall–Kier alpha value is -11.9. The Labute approximate surface area is 728 Å². The van der Waals surface area contributed by atoms with Gasteiger partial charge >= 0.3 is 6.18 Å². The number of nitrogens with one attached hydrogen (secondary N) is 1. The Morgan fingerprint density at radius 3 is 1.42 bits per heavy atom. The molecule has 2 aliphatic carbocycles. The Kier molecular flexibility index (Phi) is 26.4.